The topological polar surface area (TPSA) is 85.3 Å². The predicted molar refractivity (Wildman–Crippen MR) is 133 cm³/mol. The van der Waals surface area contributed by atoms with E-state index in [4.69, 9.17) is 14.2 Å². The summed E-state index contributed by atoms with van der Waals surface area (Å²) in [5, 5.41) is 11.5. The molecular weight excluding hydrogens is 446 g/mol. The van der Waals surface area contributed by atoms with Gasteiger partial charge in [0.05, 0.1) is 38.5 Å². The van der Waals surface area contributed by atoms with Crippen LogP contribution in [0.2, 0.25) is 0 Å². The highest BCUT2D eigenvalue weighted by molar-refractivity contribution is 6.51. The molecule has 4 rings (SSSR count). The molecule has 0 aromatic heterocycles. The van der Waals surface area contributed by atoms with Crippen molar-refractivity contribution in [2.75, 3.05) is 26.2 Å². The Bertz CT molecular complexity index is 1320. The van der Waals surface area contributed by atoms with Crippen molar-refractivity contribution >= 4 is 23.1 Å². The normalized spacial score (nSPS) is 16.9. The molecule has 7 nitrogen and oxygen atoms in total. The number of hydrogen-bond donors (Lipinski definition) is 1. The number of carbonyl (C=O) groups excluding carboxylic acids is 2. The maximum absolute atomic E-state index is 13.5. The Morgan fingerprint density at radius 1 is 0.829 bits per heavy atom. The fraction of sp³-hybridized carbons (Fsp3) is 0.214. The fourth-order valence-electron chi connectivity index (χ4n) is 4.46. The summed E-state index contributed by atoms with van der Waals surface area (Å²) in [6.45, 7) is 3.85. The van der Waals surface area contributed by atoms with Gasteiger partial charge < -0.3 is 19.3 Å². The van der Waals surface area contributed by atoms with Gasteiger partial charge in [0.15, 0.2) is 0 Å². The van der Waals surface area contributed by atoms with Crippen molar-refractivity contribution in [2.45, 2.75) is 19.9 Å². The zero-order valence-electron chi connectivity index (χ0n) is 20.3. The second kappa shape index (κ2) is 9.54. The van der Waals surface area contributed by atoms with Crippen molar-refractivity contribution in [2.24, 2.45) is 0 Å². The molecule has 1 unspecified atom stereocenters. The van der Waals surface area contributed by atoms with Crippen molar-refractivity contribution in [3.8, 4) is 17.2 Å². The first-order valence-corrected chi connectivity index (χ1v) is 11.0. The van der Waals surface area contributed by atoms with Gasteiger partial charge >= 0.3 is 0 Å². The summed E-state index contributed by atoms with van der Waals surface area (Å²) < 4.78 is 16.1. The highest BCUT2D eigenvalue weighted by Gasteiger charge is 2.47. The summed E-state index contributed by atoms with van der Waals surface area (Å²) >= 11 is 0. The second-order valence-corrected chi connectivity index (χ2v) is 8.36. The number of aliphatic hydroxyl groups excluding tert-OH is 1. The van der Waals surface area contributed by atoms with Crippen LogP contribution in [0.15, 0.2) is 66.2 Å². The lowest BCUT2D eigenvalue weighted by Crippen LogP contribution is -2.29. The molecule has 180 valence electrons. The summed E-state index contributed by atoms with van der Waals surface area (Å²) in [5.74, 6) is -0.504. The molecule has 35 heavy (non-hydrogen) atoms. The molecule has 1 amide bonds. The molecule has 3 aromatic rings. The zero-order valence-corrected chi connectivity index (χ0v) is 20.3. The Kier molecular flexibility index (Phi) is 6.51. The number of methoxy groups -OCH3 is 3. The van der Waals surface area contributed by atoms with Gasteiger partial charge in [-0.1, -0.05) is 18.2 Å². The van der Waals surface area contributed by atoms with E-state index in [9.17, 15) is 14.7 Å². The first-order chi connectivity index (χ1) is 16.8. The Labute approximate surface area is 204 Å². The number of rotatable bonds is 6. The average Bonchev–Trinajstić information content (AvgIpc) is 3.12. The summed E-state index contributed by atoms with van der Waals surface area (Å²) in [5.41, 5.74) is 3.27. The molecule has 3 aromatic carbocycles. The van der Waals surface area contributed by atoms with Gasteiger partial charge in [0, 0.05) is 5.69 Å². The highest BCUT2D eigenvalue weighted by atomic mass is 16.5. The molecule has 1 atom stereocenters. The van der Waals surface area contributed by atoms with Crippen LogP contribution in [-0.4, -0.2) is 38.1 Å². The van der Waals surface area contributed by atoms with Gasteiger partial charge in [-0.2, -0.15) is 0 Å². The van der Waals surface area contributed by atoms with E-state index in [-0.39, 0.29) is 16.9 Å². The summed E-state index contributed by atoms with van der Waals surface area (Å²) in [4.78, 5) is 28.3. The molecule has 1 saturated heterocycles. The lowest BCUT2D eigenvalue weighted by molar-refractivity contribution is -0.132. The minimum atomic E-state index is -0.887. The molecule has 0 spiro atoms. The van der Waals surface area contributed by atoms with E-state index < -0.39 is 17.7 Å². The van der Waals surface area contributed by atoms with E-state index in [1.54, 1.807) is 49.6 Å². The lowest BCUT2D eigenvalue weighted by Gasteiger charge is -2.26. The smallest absolute Gasteiger partial charge is 0.300 e. The summed E-state index contributed by atoms with van der Waals surface area (Å²) in [7, 11) is 4.51. The van der Waals surface area contributed by atoms with Crippen LogP contribution >= 0.6 is 0 Å². The monoisotopic (exact) mass is 473 g/mol. The molecule has 1 fully saturated rings. The van der Waals surface area contributed by atoms with Crippen molar-refractivity contribution in [3.63, 3.8) is 0 Å². The molecule has 0 aliphatic carbocycles. The van der Waals surface area contributed by atoms with Gasteiger partial charge in [-0.15, -0.1) is 0 Å². The average molecular weight is 474 g/mol. The van der Waals surface area contributed by atoms with Gasteiger partial charge in [0.1, 0.15) is 23.0 Å². The number of amides is 1. The number of ketones is 1. The van der Waals surface area contributed by atoms with E-state index in [1.807, 2.05) is 32.0 Å². The van der Waals surface area contributed by atoms with Gasteiger partial charge in [0.25, 0.3) is 11.7 Å². The summed E-state index contributed by atoms with van der Waals surface area (Å²) in [6, 6.07) is 16.8. The molecule has 1 heterocycles. The van der Waals surface area contributed by atoms with Crippen LogP contribution in [0.5, 0.6) is 17.2 Å². The largest absolute Gasteiger partial charge is 0.507 e. The third-order valence-electron chi connectivity index (χ3n) is 6.00. The van der Waals surface area contributed by atoms with Crippen LogP contribution < -0.4 is 19.1 Å². The number of aliphatic hydroxyl groups is 1. The fourth-order valence-corrected chi connectivity index (χ4v) is 4.46. The van der Waals surface area contributed by atoms with Crippen molar-refractivity contribution in [1.82, 2.24) is 0 Å². The molecule has 1 aliphatic heterocycles. The number of carbonyl (C=O) groups is 2. The number of anilines is 1. The van der Waals surface area contributed by atoms with Crippen LogP contribution in [0.3, 0.4) is 0 Å². The molecule has 0 bridgehead atoms. The lowest BCUT2D eigenvalue weighted by atomic mass is 9.94. The Hall–Kier alpha value is -4.26. The van der Waals surface area contributed by atoms with Crippen molar-refractivity contribution in [1.29, 1.82) is 0 Å². The van der Waals surface area contributed by atoms with Gasteiger partial charge in [-0.25, -0.2) is 0 Å². The van der Waals surface area contributed by atoms with Gasteiger partial charge in [-0.3, -0.25) is 14.5 Å². The van der Waals surface area contributed by atoms with E-state index >= 15 is 0 Å². The quantitative estimate of drug-likeness (QED) is 0.310. The predicted octanol–water partition coefficient (Wildman–Crippen LogP) is 4.96. The standard InChI is InChI=1S/C28H27NO6/c1-16-11-17(2)13-19(12-16)29-25(18-7-6-8-20(14-18)33-3)24(27(31)28(29)32)26(30)22-15-21(34-4)9-10-23(22)35-5/h6-15,25,30H,1-5H3/b26-24+. The van der Waals surface area contributed by atoms with Crippen LogP contribution in [0.4, 0.5) is 5.69 Å². The number of nitrogens with zero attached hydrogens (tertiary/aromatic N) is 1. The van der Waals surface area contributed by atoms with Gasteiger partial charge in [0.2, 0.25) is 0 Å². The Balaban J connectivity index is 2.02. The molecule has 1 N–H and O–H groups in total. The third kappa shape index (κ3) is 4.33. The first-order valence-electron chi connectivity index (χ1n) is 11.0. The minimum absolute atomic E-state index is 0.0473. The van der Waals surface area contributed by atoms with Crippen LogP contribution in [0.1, 0.15) is 28.3 Å². The molecule has 0 radical (unpaired) electrons. The Morgan fingerprint density at radius 2 is 1.49 bits per heavy atom. The van der Waals surface area contributed by atoms with Crippen LogP contribution in [0, 0.1) is 13.8 Å². The summed E-state index contributed by atoms with van der Waals surface area (Å²) in [6.07, 6.45) is 0. The molecule has 0 saturated carbocycles. The number of hydrogen-bond acceptors (Lipinski definition) is 6. The second-order valence-electron chi connectivity index (χ2n) is 8.36. The number of Topliss-reactive ketones (excluding diaryl/α,β-unsaturated/α-hetero) is 1. The minimum Gasteiger partial charge on any atom is -0.507 e. The van der Waals surface area contributed by atoms with E-state index in [0.717, 1.165) is 11.1 Å². The maximum atomic E-state index is 13.5. The van der Waals surface area contributed by atoms with E-state index in [0.29, 0.717) is 28.5 Å². The van der Waals surface area contributed by atoms with Crippen molar-refractivity contribution < 1.29 is 28.9 Å². The van der Waals surface area contributed by atoms with Gasteiger partial charge in [-0.05, 0) is 73.0 Å². The Morgan fingerprint density at radius 3 is 2.11 bits per heavy atom. The van der Waals surface area contributed by atoms with E-state index in [2.05, 4.69) is 0 Å². The zero-order chi connectivity index (χ0) is 25.3. The number of aryl methyl sites for hydroxylation is 2. The SMILES string of the molecule is COc1cccc(C2/C(=C(\O)c3cc(OC)ccc3OC)C(=O)C(=O)N2c2cc(C)cc(C)c2)c1. The molecule has 7 heteroatoms. The molecule has 1 aliphatic rings. The van der Waals surface area contributed by atoms with Crippen LogP contribution in [0.25, 0.3) is 5.76 Å². The van der Waals surface area contributed by atoms with E-state index in [1.165, 1.54) is 19.1 Å². The highest BCUT2D eigenvalue weighted by Crippen LogP contribution is 2.44. The van der Waals surface area contributed by atoms with Crippen molar-refractivity contribution in [3.05, 3.63) is 88.5 Å². The number of benzene rings is 3. The number of ether oxygens (including phenoxy) is 3. The van der Waals surface area contributed by atoms with Crippen LogP contribution in [-0.2, 0) is 9.59 Å². The maximum Gasteiger partial charge on any atom is 0.300 e. The molecular formula is C28H27NO6. The first kappa shape index (κ1) is 23.9. The third-order valence-corrected chi connectivity index (χ3v) is 6.00.